The number of rotatable bonds is 4. The molecule has 2 heterocycles. The summed E-state index contributed by atoms with van der Waals surface area (Å²) in [5.41, 5.74) is 1.13. The smallest absolute Gasteiger partial charge is 0.346 e. The lowest BCUT2D eigenvalue weighted by molar-refractivity contribution is 0.0701. The molecule has 0 unspecified atom stereocenters. The number of hydrogen-bond acceptors (Lipinski definition) is 5. The molecule has 0 radical (unpaired) electrons. The lowest BCUT2D eigenvalue weighted by atomic mass is 10.3. The van der Waals surface area contributed by atoms with Crippen LogP contribution in [0.2, 0.25) is 0 Å². The number of hydrogen-bond donors (Lipinski definition) is 3. The van der Waals surface area contributed by atoms with Crippen molar-refractivity contribution in [1.82, 2.24) is 10.2 Å². The molecule has 2 aromatic heterocycles. The van der Waals surface area contributed by atoms with Gasteiger partial charge in [-0.05, 0) is 25.5 Å². The number of aromatic nitrogens is 2. The van der Waals surface area contributed by atoms with Crippen LogP contribution in [-0.2, 0) is 10.0 Å². The normalized spacial score (nSPS) is 11.5. The highest BCUT2D eigenvalue weighted by Gasteiger charge is 2.22. The van der Waals surface area contributed by atoms with Gasteiger partial charge in [-0.15, -0.1) is 11.3 Å². The minimum Gasteiger partial charge on any atom is -0.477 e. The maximum atomic E-state index is 12.1. The molecule has 2 rings (SSSR count). The number of anilines is 1. The number of sulfonamides is 1. The molecular weight excluding hydrogens is 290 g/mol. The second-order valence-corrected chi connectivity index (χ2v) is 6.89. The van der Waals surface area contributed by atoms with Crippen molar-refractivity contribution in [2.45, 2.75) is 18.1 Å². The summed E-state index contributed by atoms with van der Waals surface area (Å²) < 4.78 is 26.3. The van der Waals surface area contributed by atoms with Gasteiger partial charge in [0.15, 0.2) is 5.82 Å². The number of H-pyrrole nitrogens is 1. The molecule has 19 heavy (non-hydrogen) atoms. The van der Waals surface area contributed by atoms with Gasteiger partial charge in [0.1, 0.15) is 9.09 Å². The summed E-state index contributed by atoms with van der Waals surface area (Å²) in [4.78, 5) is 10.9. The molecule has 0 aliphatic carbocycles. The van der Waals surface area contributed by atoms with Gasteiger partial charge in [-0.1, -0.05) is 0 Å². The summed E-state index contributed by atoms with van der Waals surface area (Å²) in [6.45, 7) is 3.29. The van der Waals surface area contributed by atoms with Crippen molar-refractivity contribution in [2.24, 2.45) is 0 Å². The van der Waals surface area contributed by atoms with Gasteiger partial charge < -0.3 is 5.11 Å². The highest BCUT2D eigenvalue weighted by atomic mass is 32.2. The summed E-state index contributed by atoms with van der Waals surface area (Å²) in [7, 11) is -3.81. The summed E-state index contributed by atoms with van der Waals surface area (Å²) in [6, 6.07) is 2.87. The van der Waals surface area contributed by atoms with E-state index in [0.29, 0.717) is 22.6 Å². The molecule has 0 bridgehead atoms. The number of carbonyl (C=O) groups is 1. The highest BCUT2D eigenvalue weighted by molar-refractivity contribution is 7.94. The van der Waals surface area contributed by atoms with Crippen LogP contribution in [0.4, 0.5) is 5.82 Å². The van der Waals surface area contributed by atoms with E-state index in [2.05, 4.69) is 14.9 Å². The number of aryl methyl sites for hydroxylation is 2. The van der Waals surface area contributed by atoms with Gasteiger partial charge in [0.2, 0.25) is 0 Å². The van der Waals surface area contributed by atoms with Crippen molar-refractivity contribution in [3.05, 3.63) is 28.3 Å². The van der Waals surface area contributed by atoms with Crippen LogP contribution < -0.4 is 4.72 Å². The SMILES string of the molecule is Cc1cc(NS(=O)(=O)c2cc(C)c(C(=O)O)s2)n[nH]1. The lowest BCUT2D eigenvalue weighted by Gasteiger charge is -2.01. The fourth-order valence-corrected chi connectivity index (χ4v) is 3.83. The minimum atomic E-state index is -3.81. The summed E-state index contributed by atoms with van der Waals surface area (Å²) >= 11 is 0.713. The van der Waals surface area contributed by atoms with Crippen LogP contribution in [-0.4, -0.2) is 29.7 Å². The van der Waals surface area contributed by atoms with Gasteiger partial charge >= 0.3 is 5.97 Å². The zero-order valence-electron chi connectivity index (χ0n) is 10.1. The number of thiophene rings is 1. The largest absolute Gasteiger partial charge is 0.477 e. The average Bonchev–Trinajstić information content (AvgIpc) is 2.84. The number of nitrogens with zero attached hydrogens (tertiary/aromatic N) is 1. The van der Waals surface area contributed by atoms with E-state index < -0.39 is 16.0 Å². The van der Waals surface area contributed by atoms with E-state index in [4.69, 9.17) is 5.11 Å². The Labute approximate surface area is 113 Å². The van der Waals surface area contributed by atoms with Crippen molar-refractivity contribution in [2.75, 3.05) is 4.72 Å². The predicted molar refractivity (Wildman–Crippen MR) is 70.1 cm³/mol. The van der Waals surface area contributed by atoms with Gasteiger partial charge in [-0.3, -0.25) is 9.82 Å². The molecule has 0 aliphatic rings. The Bertz CT molecular complexity index is 730. The lowest BCUT2D eigenvalue weighted by Crippen LogP contribution is -2.11. The second kappa shape index (κ2) is 4.67. The first-order valence-electron chi connectivity index (χ1n) is 5.18. The zero-order valence-corrected chi connectivity index (χ0v) is 11.7. The van der Waals surface area contributed by atoms with Gasteiger partial charge in [0.25, 0.3) is 10.0 Å². The average molecular weight is 301 g/mol. The third-order valence-corrected chi connectivity index (χ3v) is 5.35. The first kappa shape index (κ1) is 13.6. The van der Waals surface area contributed by atoms with Crippen LogP contribution in [0.3, 0.4) is 0 Å². The fraction of sp³-hybridized carbons (Fsp3) is 0.200. The van der Waals surface area contributed by atoms with E-state index >= 15 is 0 Å². The molecule has 2 aromatic rings. The van der Waals surface area contributed by atoms with E-state index in [0.717, 1.165) is 0 Å². The second-order valence-electron chi connectivity index (χ2n) is 3.92. The van der Waals surface area contributed by atoms with Crippen molar-refractivity contribution in [1.29, 1.82) is 0 Å². The van der Waals surface area contributed by atoms with E-state index in [1.165, 1.54) is 12.1 Å². The minimum absolute atomic E-state index is 0.0126. The topological polar surface area (TPSA) is 112 Å². The molecule has 0 saturated heterocycles. The fourth-order valence-electron chi connectivity index (χ4n) is 1.46. The van der Waals surface area contributed by atoms with Gasteiger partial charge in [-0.25, -0.2) is 13.2 Å². The third kappa shape index (κ3) is 2.76. The molecule has 0 aromatic carbocycles. The number of carboxylic acid groups (broad SMARTS) is 1. The van der Waals surface area contributed by atoms with Gasteiger partial charge in [0.05, 0.1) is 0 Å². The molecule has 0 atom stereocenters. The van der Waals surface area contributed by atoms with E-state index in [1.807, 2.05) is 0 Å². The summed E-state index contributed by atoms with van der Waals surface area (Å²) in [5.74, 6) is -0.972. The maximum Gasteiger partial charge on any atom is 0.346 e. The Morgan fingerprint density at radius 1 is 1.42 bits per heavy atom. The van der Waals surface area contributed by atoms with Crippen LogP contribution in [0.25, 0.3) is 0 Å². The Morgan fingerprint density at radius 3 is 2.58 bits per heavy atom. The Morgan fingerprint density at radius 2 is 2.11 bits per heavy atom. The van der Waals surface area contributed by atoms with Crippen molar-refractivity contribution >= 4 is 33.1 Å². The Kier molecular flexibility index (Phi) is 3.33. The quantitative estimate of drug-likeness (QED) is 0.793. The van der Waals surface area contributed by atoms with Crippen LogP contribution in [0.5, 0.6) is 0 Å². The van der Waals surface area contributed by atoms with Crippen LogP contribution in [0, 0.1) is 13.8 Å². The molecule has 0 saturated carbocycles. The van der Waals surface area contributed by atoms with Crippen molar-refractivity contribution in [3.8, 4) is 0 Å². The molecule has 0 amide bonds. The van der Waals surface area contributed by atoms with E-state index in [-0.39, 0.29) is 14.9 Å². The molecule has 0 spiro atoms. The Hall–Kier alpha value is -1.87. The number of aromatic carboxylic acids is 1. The molecule has 0 fully saturated rings. The van der Waals surface area contributed by atoms with E-state index in [1.54, 1.807) is 13.8 Å². The number of nitrogens with one attached hydrogen (secondary N) is 2. The van der Waals surface area contributed by atoms with E-state index in [9.17, 15) is 13.2 Å². The highest BCUT2D eigenvalue weighted by Crippen LogP contribution is 2.27. The molecule has 0 aliphatic heterocycles. The molecule has 3 N–H and O–H groups in total. The summed E-state index contributed by atoms with van der Waals surface area (Å²) in [5, 5.41) is 15.3. The third-order valence-electron chi connectivity index (χ3n) is 2.30. The zero-order chi connectivity index (χ0) is 14.2. The number of aromatic amines is 1. The van der Waals surface area contributed by atoms with Crippen LogP contribution in [0.15, 0.2) is 16.3 Å². The summed E-state index contributed by atoms with van der Waals surface area (Å²) in [6.07, 6.45) is 0. The van der Waals surface area contributed by atoms with Gasteiger partial charge in [0, 0.05) is 11.8 Å². The maximum absolute atomic E-state index is 12.1. The molecule has 9 heteroatoms. The predicted octanol–water partition coefficient (Wildman–Crippen LogP) is 1.59. The van der Waals surface area contributed by atoms with Gasteiger partial charge in [-0.2, -0.15) is 5.10 Å². The standard InChI is InChI=1S/C10H11N3O4S2/c1-5-3-8(18-9(5)10(14)15)19(16,17)13-7-4-6(2)11-12-7/h3-4H,1-2H3,(H,14,15)(H2,11,12,13). The van der Waals surface area contributed by atoms with Crippen molar-refractivity contribution < 1.29 is 18.3 Å². The molecule has 7 nitrogen and oxygen atoms in total. The van der Waals surface area contributed by atoms with Crippen LogP contribution >= 0.6 is 11.3 Å². The molecular formula is C10H11N3O4S2. The van der Waals surface area contributed by atoms with Crippen LogP contribution in [0.1, 0.15) is 20.9 Å². The first-order chi connectivity index (χ1) is 8.79. The Balaban J connectivity index is 2.34. The first-order valence-corrected chi connectivity index (χ1v) is 7.48. The monoisotopic (exact) mass is 301 g/mol. The van der Waals surface area contributed by atoms with Crippen molar-refractivity contribution in [3.63, 3.8) is 0 Å². The molecule has 102 valence electrons. The number of carboxylic acids is 1.